The maximum Gasteiger partial charge on any atom is 0.234 e. The zero-order valence-electron chi connectivity index (χ0n) is 15.4. The maximum atomic E-state index is 12.3. The van der Waals surface area contributed by atoms with Crippen molar-refractivity contribution in [3.05, 3.63) is 65.0 Å². The van der Waals surface area contributed by atoms with Gasteiger partial charge in [0.1, 0.15) is 5.82 Å². The molecule has 3 aromatic rings. The number of amides is 1. The Morgan fingerprint density at radius 1 is 1.19 bits per heavy atom. The van der Waals surface area contributed by atoms with Gasteiger partial charge < -0.3 is 5.32 Å². The van der Waals surface area contributed by atoms with E-state index in [-0.39, 0.29) is 11.7 Å². The molecule has 0 aliphatic rings. The summed E-state index contributed by atoms with van der Waals surface area (Å²) in [6, 6.07) is 15.1. The summed E-state index contributed by atoms with van der Waals surface area (Å²) in [6.45, 7) is 5.97. The standard InChI is InChI=1S/C20H19N5OS/c1-13-7-8-14(2)18(9-13)25-15(3)23-24-20(25)27-12-19(26)22-17-6-4-5-16(10-17)11-21/h4-10H,12H2,1-3H3,(H,22,26). The van der Waals surface area contributed by atoms with Crippen LogP contribution < -0.4 is 5.32 Å². The van der Waals surface area contributed by atoms with E-state index in [1.54, 1.807) is 24.3 Å². The molecule has 0 radical (unpaired) electrons. The zero-order chi connectivity index (χ0) is 19.4. The van der Waals surface area contributed by atoms with Crippen LogP contribution in [0.15, 0.2) is 47.6 Å². The van der Waals surface area contributed by atoms with E-state index < -0.39 is 0 Å². The molecule has 27 heavy (non-hydrogen) atoms. The minimum Gasteiger partial charge on any atom is -0.325 e. The molecule has 0 saturated carbocycles. The molecular formula is C20H19N5OS. The van der Waals surface area contributed by atoms with E-state index in [4.69, 9.17) is 5.26 Å². The lowest BCUT2D eigenvalue weighted by Crippen LogP contribution is -2.14. The fourth-order valence-corrected chi connectivity index (χ4v) is 3.46. The number of hydrogen-bond donors (Lipinski definition) is 1. The summed E-state index contributed by atoms with van der Waals surface area (Å²) >= 11 is 1.33. The van der Waals surface area contributed by atoms with Crippen molar-refractivity contribution in [3.8, 4) is 11.8 Å². The number of carbonyl (C=O) groups excluding carboxylic acids is 1. The summed E-state index contributed by atoms with van der Waals surface area (Å²) < 4.78 is 1.97. The Morgan fingerprint density at radius 3 is 2.78 bits per heavy atom. The van der Waals surface area contributed by atoms with Gasteiger partial charge in [-0.25, -0.2) is 0 Å². The average molecular weight is 377 g/mol. The van der Waals surface area contributed by atoms with Crippen molar-refractivity contribution in [2.75, 3.05) is 11.1 Å². The van der Waals surface area contributed by atoms with Gasteiger partial charge in [-0.3, -0.25) is 9.36 Å². The summed E-state index contributed by atoms with van der Waals surface area (Å²) in [5.74, 6) is 0.802. The average Bonchev–Trinajstić information content (AvgIpc) is 3.02. The molecule has 0 saturated heterocycles. The molecule has 0 aliphatic carbocycles. The summed E-state index contributed by atoms with van der Waals surface area (Å²) in [5, 5.41) is 20.8. The van der Waals surface area contributed by atoms with E-state index in [1.165, 1.54) is 11.8 Å². The Labute approximate surface area is 162 Å². The van der Waals surface area contributed by atoms with Gasteiger partial charge in [-0.1, -0.05) is 30.0 Å². The molecule has 3 rings (SSSR count). The van der Waals surface area contributed by atoms with E-state index in [0.29, 0.717) is 16.4 Å². The summed E-state index contributed by atoms with van der Waals surface area (Å²) in [7, 11) is 0. The number of aromatic nitrogens is 3. The van der Waals surface area contributed by atoms with Crippen LogP contribution in [0.5, 0.6) is 0 Å². The largest absolute Gasteiger partial charge is 0.325 e. The SMILES string of the molecule is Cc1ccc(C)c(-n2c(C)nnc2SCC(=O)Nc2cccc(C#N)c2)c1. The fraction of sp³-hybridized carbons (Fsp3) is 0.200. The van der Waals surface area contributed by atoms with Gasteiger partial charge in [0.25, 0.3) is 0 Å². The van der Waals surface area contributed by atoms with Gasteiger partial charge >= 0.3 is 0 Å². The number of aryl methyl sites for hydroxylation is 3. The van der Waals surface area contributed by atoms with Crippen LogP contribution in [0.3, 0.4) is 0 Å². The highest BCUT2D eigenvalue weighted by molar-refractivity contribution is 7.99. The zero-order valence-corrected chi connectivity index (χ0v) is 16.2. The Hall–Kier alpha value is -3.11. The van der Waals surface area contributed by atoms with E-state index >= 15 is 0 Å². The second-order valence-electron chi connectivity index (χ2n) is 6.18. The Bertz CT molecular complexity index is 1040. The van der Waals surface area contributed by atoms with Gasteiger partial charge in [-0.15, -0.1) is 10.2 Å². The lowest BCUT2D eigenvalue weighted by atomic mass is 10.1. The quantitative estimate of drug-likeness (QED) is 0.684. The van der Waals surface area contributed by atoms with Crippen molar-refractivity contribution in [2.24, 2.45) is 0 Å². The number of rotatable bonds is 5. The van der Waals surface area contributed by atoms with Crippen LogP contribution in [0.25, 0.3) is 5.69 Å². The third-order valence-corrected chi connectivity index (χ3v) is 4.94. The van der Waals surface area contributed by atoms with Crippen LogP contribution in [0.2, 0.25) is 0 Å². The molecule has 0 atom stereocenters. The molecule has 1 amide bonds. The van der Waals surface area contributed by atoms with Gasteiger partial charge in [0, 0.05) is 5.69 Å². The predicted molar refractivity (Wildman–Crippen MR) is 106 cm³/mol. The maximum absolute atomic E-state index is 12.3. The molecule has 0 unspecified atom stereocenters. The van der Waals surface area contributed by atoms with E-state index in [9.17, 15) is 4.79 Å². The minimum atomic E-state index is -0.164. The van der Waals surface area contributed by atoms with Gasteiger partial charge in [0.15, 0.2) is 5.16 Å². The van der Waals surface area contributed by atoms with Gasteiger partial charge in [0.2, 0.25) is 5.91 Å². The van der Waals surface area contributed by atoms with Crippen LogP contribution in [-0.4, -0.2) is 26.4 Å². The smallest absolute Gasteiger partial charge is 0.234 e. The number of nitrogens with one attached hydrogen (secondary N) is 1. The van der Waals surface area contributed by atoms with Crippen LogP contribution in [-0.2, 0) is 4.79 Å². The van der Waals surface area contributed by atoms with Gasteiger partial charge in [0.05, 0.1) is 23.1 Å². The Morgan fingerprint density at radius 2 is 2.00 bits per heavy atom. The highest BCUT2D eigenvalue weighted by Crippen LogP contribution is 2.25. The lowest BCUT2D eigenvalue weighted by molar-refractivity contribution is -0.113. The molecule has 136 valence electrons. The first-order valence-electron chi connectivity index (χ1n) is 8.40. The summed E-state index contributed by atoms with van der Waals surface area (Å²) in [6.07, 6.45) is 0. The van der Waals surface area contributed by atoms with Crippen molar-refractivity contribution < 1.29 is 4.79 Å². The van der Waals surface area contributed by atoms with Crippen LogP contribution in [0.4, 0.5) is 5.69 Å². The fourth-order valence-electron chi connectivity index (χ4n) is 2.67. The molecule has 7 heteroatoms. The number of nitrogens with zero attached hydrogens (tertiary/aromatic N) is 4. The molecule has 6 nitrogen and oxygen atoms in total. The minimum absolute atomic E-state index is 0.164. The second kappa shape index (κ2) is 8.06. The van der Waals surface area contributed by atoms with Crippen LogP contribution in [0, 0.1) is 32.1 Å². The molecule has 0 bridgehead atoms. The highest BCUT2D eigenvalue weighted by atomic mass is 32.2. The number of hydrogen-bond acceptors (Lipinski definition) is 5. The van der Waals surface area contributed by atoms with Crippen molar-refractivity contribution in [3.63, 3.8) is 0 Å². The first kappa shape index (κ1) is 18.7. The molecule has 1 N–H and O–H groups in total. The molecule has 0 spiro atoms. The normalized spacial score (nSPS) is 10.4. The molecular weight excluding hydrogens is 358 g/mol. The Balaban J connectivity index is 1.74. The third kappa shape index (κ3) is 4.36. The van der Waals surface area contributed by atoms with Gasteiger partial charge in [-0.2, -0.15) is 5.26 Å². The predicted octanol–water partition coefficient (Wildman–Crippen LogP) is 3.80. The summed E-state index contributed by atoms with van der Waals surface area (Å²) in [5.41, 5.74) is 4.39. The number of carbonyl (C=O) groups is 1. The number of nitriles is 1. The van der Waals surface area contributed by atoms with Crippen LogP contribution >= 0.6 is 11.8 Å². The van der Waals surface area contributed by atoms with Crippen molar-refractivity contribution in [1.82, 2.24) is 14.8 Å². The van der Waals surface area contributed by atoms with Gasteiger partial charge in [-0.05, 0) is 56.2 Å². The first-order valence-corrected chi connectivity index (χ1v) is 9.39. The number of thioether (sulfide) groups is 1. The Kier molecular flexibility index (Phi) is 5.57. The number of benzene rings is 2. The van der Waals surface area contributed by atoms with Crippen molar-refractivity contribution >= 4 is 23.4 Å². The van der Waals surface area contributed by atoms with Crippen molar-refractivity contribution in [2.45, 2.75) is 25.9 Å². The molecule has 0 aliphatic heterocycles. The monoisotopic (exact) mass is 377 g/mol. The molecule has 1 heterocycles. The first-order chi connectivity index (χ1) is 13.0. The van der Waals surface area contributed by atoms with E-state index in [1.807, 2.05) is 25.3 Å². The van der Waals surface area contributed by atoms with E-state index in [2.05, 4.69) is 39.8 Å². The molecule has 0 fully saturated rings. The second-order valence-corrected chi connectivity index (χ2v) is 7.13. The van der Waals surface area contributed by atoms with E-state index in [0.717, 1.165) is 22.6 Å². The summed E-state index contributed by atoms with van der Waals surface area (Å²) in [4.78, 5) is 12.3. The third-order valence-electron chi connectivity index (χ3n) is 4.01. The highest BCUT2D eigenvalue weighted by Gasteiger charge is 2.15. The molecule has 2 aromatic carbocycles. The number of anilines is 1. The van der Waals surface area contributed by atoms with Crippen LogP contribution in [0.1, 0.15) is 22.5 Å². The molecule has 1 aromatic heterocycles. The van der Waals surface area contributed by atoms with Crippen molar-refractivity contribution in [1.29, 1.82) is 5.26 Å². The lowest BCUT2D eigenvalue weighted by Gasteiger charge is -2.12. The topological polar surface area (TPSA) is 83.6 Å².